The molecule has 1 aromatic heterocycles. The van der Waals surface area contributed by atoms with Crippen molar-refractivity contribution in [1.29, 1.82) is 0 Å². The summed E-state index contributed by atoms with van der Waals surface area (Å²) in [7, 11) is 0. The average molecular weight is 306 g/mol. The van der Waals surface area contributed by atoms with Crippen molar-refractivity contribution in [3.05, 3.63) is 51.7 Å². The van der Waals surface area contributed by atoms with Gasteiger partial charge in [0.25, 0.3) is 0 Å². The van der Waals surface area contributed by atoms with Crippen LogP contribution in [0, 0.1) is 5.82 Å². The van der Waals surface area contributed by atoms with Crippen LogP contribution in [-0.2, 0) is 6.54 Å². The van der Waals surface area contributed by atoms with E-state index in [9.17, 15) is 9.50 Å². The van der Waals surface area contributed by atoms with Crippen LogP contribution in [-0.4, -0.2) is 16.1 Å². The highest BCUT2D eigenvalue weighted by Crippen LogP contribution is 2.41. The maximum atomic E-state index is 12.9. The van der Waals surface area contributed by atoms with Crippen LogP contribution in [0.2, 0.25) is 0 Å². The van der Waals surface area contributed by atoms with Gasteiger partial charge in [-0.15, -0.1) is 11.3 Å². The normalized spacial score (nSPS) is 17.7. The van der Waals surface area contributed by atoms with Crippen LogP contribution in [0.3, 0.4) is 0 Å². The maximum absolute atomic E-state index is 12.9. The molecule has 21 heavy (non-hydrogen) atoms. The van der Waals surface area contributed by atoms with Crippen LogP contribution in [0.25, 0.3) is 0 Å². The Morgan fingerprint density at radius 2 is 2.10 bits per heavy atom. The molecule has 1 aromatic carbocycles. The van der Waals surface area contributed by atoms with Crippen molar-refractivity contribution in [1.82, 2.24) is 10.3 Å². The molecule has 2 unspecified atom stereocenters. The molecule has 1 fully saturated rings. The predicted molar refractivity (Wildman–Crippen MR) is 81.8 cm³/mol. The molecule has 0 radical (unpaired) electrons. The van der Waals surface area contributed by atoms with E-state index in [1.807, 2.05) is 6.92 Å². The SMILES string of the molecule is CC(NCc1csc(C2CC2)n1)C(O)c1ccc(F)cc1. The molecule has 1 aliphatic carbocycles. The van der Waals surface area contributed by atoms with Gasteiger partial charge in [-0.05, 0) is 37.5 Å². The van der Waals surface area contributed by atoms with E-state index in [4.69, 9.17) is 0 Å². The predicted octanol–water partition coefficient (Wildman–Crippen LogP) is 3.37. The number of aromatic nitrogens is 1. The van der Waals surface area contributed by atoms with E-state index in [2.05, 4.69) is 15.7 Å². The fraction of sp³-hybridized carbons (Fsp3) is 0.438. The quantitative estimate of drug-likeness (QED) is 0.860. The maximum Gasteiger partial charge on any atom is 0.123 e. The molecule has 1 saturated carbocycles. The van der Waals surface area contributed by atoms with E-state index in [0.29, 0.717) is 18.0 Å². The highest BCUT2D eigenvalue weighted by atomic mass is 32.1. The van der Waals surface area contributed by atoms with Crippen LogP contribution >= 0.6 is 11.3 Å². The van der Waals surface area contributed by atoms with Gasteiger partial charge in [-0.1, -0.05) is 12.1 Å². The number of benzene rings is 1. The Bertz CT molecular complexity index is 595. The minimum atomic E-state index is -0.660. The van der Waals surface area contributed by atoms with E-state index in [1.54, 1.807) is 23.5 Å². The van der Waals surface area contributed by atoms with Crippen molar-refractivity contribution in [3.63, 3.8) is 0 Å². The number of nitrogens with one attached hydrogen (secondary N) is 1. The summed E-state index contributed by atoms with van der Waals surface area (Å²) in [6, 6.07) is 5.85. The summed E-state index contributed by atoms with van der Waals surface area (Å²) in [5.74, 6) is 0.396. The Hall–Kier alpha value is -1.30. The average Bonchev–Trinajstić information content (AvgIpc) is 3.24. The number of rotatable bonds is 6. The summed E-state index contributed by atoms with van der Waals surface area (Å²) in [4.78, 5) is 4.61. The van der Waals surface area contributed by atoms with Crippen molar-refractivity contribution in [3.8, 4) is 0 Å². The Labute approximate surface area is 127 Å². The highest BCUT2D eigenvalue weighted by molar-refractivity contribution is 7.09. The van der Waals surface area contributed by atoms with Crippen LogP contribution in [0.1, 0.15) is 48.1 Å². The lowest BCUT2D eigenvalue weighted by Gasteiger charge is -2.20. The number of halogens is 1. The summed E-state index contributed by atoms with van der Waals surface area (Å²) >= 11 is 1.72. The Kier molecular flexibility index (Phi) is 4.33. The molecule has 3 nitrogen and oxygen atoms in total. The van der Waals surface area contributed by atoms with Crippen molar-refractivity contribution in [2.75, 3.05) is 0 Å². The van der Waals surface area contributed by atoms with Crippen molar-refractivity contribution >= 4 is 11.3 Å². The minimum absolute atomic E-state index is 0.124. The molecular formula is C16H19FN2OS. The first-order valence-electron chi connectivity index (χ1n) is 7.24. The second kappa shape index (κ2) is 6.22. The van der Waals surface area contributed by atoms with Gasteiger partial charge in [0.15, 0.2) is 0 Å². The fourth-order valence-corrected chi connectivity index (χ4v) is 3.24. The Morgan fingerprint density at radius 1 is 1.38 bits per heavy atom. The monoisotopic (exact) mass is 306 g/mol. The molecule has 1 heterocycles. The van der Waals surface area contributed by atoms with Gasteiger partial charge in [-0.25, -0.2) is 9.37 Å². The number of aliphatic hydroxyl groups excluding tert-OH is 1. The third-order valence-electron chi connectivity index (χ3n) is 3.79. The summed E-state index contributed by atoms with van der Waals surface area (Å²) in [5, 5.41) is 16.9. The zero-order chi connectivity index (χ0) is 14.8. The molecule has 3 rings (SSSR count). The van der Waals surface area contributed by atoms with Crippen molar-refractivity contribution < 1.29 is 9.50 Å². The van der Waals surface area contributed by atoms with E-state index < -0.39 is 6.10 Å². The molecule has 2 aromatic rings. The second-order valence-corrected chi connectivity index (χ2v) is 6.51. The molecule has 5 heteroatoms. The van der Waals surface area contributed by atoms with Gasteiger partial charge in [-0.2, -0.15) is 0 Å². The first kappa shape index (κ1) is 14.6. The van der Waals surface area contributed by atoms with Crippen molar-refractivity contribution in [2.45, 2.75) is 44.4 Å². The van der Waals surface area contributed by atoms with Gasteiger partial charge in [0.1, 0.15) is 5.82 Å². The molecule has 0 bridgehead atoms. The van der Waals surface area contributed by atoms with Gasteiger partial charge in [0.05, 0.1) is 16.8 Å². The molecule has 2 N–H and O–H groups in total. The van der Waals surface area contributed by atoms with Crippen molar-refractivity contribution in [2.24, 2.45) is 0 Å². The van der Waals surface area contributed by atoms with E-state index >= 15 is 0 Å². The summed E-state index contributed by atoms with van der Waals surface area (Å²) in [5.41, 5.74) is 1.74. The Morgan fingerprint density at radius 3 is 2.76 bits per heavy atom. The summed E-state index contributed by atoms with van der Waals surface area (Å²) in [6.45, 7) is 2.56. The lowest BCUT2D eigenvalue weighted by atomic mass is 10.0. The molecule has 0 spiro atoms. The van der Waals surface area contributed by atoms with Crippen LogP contribution in [0.4, 0.5) is 4.39 Å². The lowest BCUT2D eigenvalue weighted by molar-refractivity contribution is 0.135. The third-order valence-corrected chi connectivity index (χ3v) is 4.84. The first-order chi connectivity index (χ1) is 10.1. The number of hydrogen-bond acceptors (Lipinski definition) is 4. The van der Waals surface area contributed by atoms with Crippen LogP contribution in [0.15, 0.2) is 29.6 Å². The van der Waals surface area contributed by atoms with E-state index in [-0.39, 0.29) is 11.9 Å². The first-order valence-corrected chi connectivity index (χ1v) is 8.12. The molecule has 1 aliphatic rings. The zero-order valence-electron chi connectivity index (χ0n) is 11.9. The molecule has 0 saturated heterocycles. The largest absolute Gasteiger partial charge is 0.387 e. The highest BCUT2D eigenvalue weighted by Gasteiger charge is 2.26. The van der Waals surface area contributed by atoms with Crippen LogP contribution < -0.4 is 5.32 Å². The molecule has 0 aliphatic heterocycles. The summed E-state index contributed by atoms with van der Waals surface area (Å²) in [6.07, 6.45) is 1.87. The minimum Gasteiger partial charge on any atom is -0.387 e. The second-order valence-electron chi connectivity index (χ2n) is 5.62. The van der Waals surface area contributed by atoms with Gasteiger partial charge in [0, 0.05) is 23.9 Å². The standard InChI is InChI=1S/C16H19FN2OS/c1-10(15(20)11-4-6-13(17)7-5-11)18-8-14-9-21-16(19-14)12-2-3-12/h4-7,9-10,12,15,18,20H,2-3,8H2,1H3. The number of aliphatic hydroxyl groups is 1. The van der Waals surface area contributed by atoms with E-state index in [1.165, 1.54) is 30.0 Å². The van der Waals surface area contributed by atoms with Gasteiger partial charge < -0.3 is 10.4 Å². The summed E-state index contributed by atoms with van der Waals surface area (Å²) < 4.78 is 12.9. The number of hydrogen-bond donors (Lipinski definition) is 2. The lowest BCUT2D eigenvalue weighted by Crippen LogP contribution is -2.31. The van der Waals surface area contributed by atoms with Gasteiger partial charge in [0.2, 0.25) is 0 Å². The zero-order valence-corrected chi connectivity index (χ0v) is 12.7. The number of nitrogens with zero attached hydrogens (tertiary/aromatic N) is 1. The van der Waals surface area contributed by atoms with Crippen LogP contribution in [0.5, 0.6) is 0 Å². The smallest absolute Gasteiger partial charge is 0.123 e. The molecule has 0 amide bonds. The molecule has 112 valence electrons. The molecular weight excluding hydrogens is 287 g/mol. The third kappa shape index (κ3) is 3.67. The fourth-order valence-electron chi connectivity index (χ4n) is 2.25. The number of thiazole rings is 1. The topological polar surface area (TPSA) is 45.2 Å². The van der Waals surface area contributed by atoms with Gasteiger partial charge >= 0.3 is 0 Å². The van der Waals surface area contributed by atoms with E-state index in [0.717, 1.165) is 5.69 Å². The molecule has 2 atom stereocenters. The van der Waals surface area contributed by atoms with Gasteiger partial charge in [-0.3, -0.25) is 0 Å². The Balaban J connectivity index is 1.54.